The summed E-state index contributed by atoms with van der Waals surface area (Å²) < 4.78 is 30.8. The van der Waals surface area contributed by atoms with Gasteiger partial charge >= 0.3 is 12.0 Å². The molecular formula is C21H26Cl7N9O8. The number of aliphatic hydroxyl groups excluding tert-OH is 2. The molecule has 24 heteroatoms. The zero-order valence-corrected chi connectivity index (χ0v) is 28.3. The van der Waals surface area contributed by atoms with Crippen molar-refractivity contribution in [2.75, 3.05) is 79.3 Å². The number of aliphatic hydroxyl groups is 2. The van der Waals surface area contributed by atoms with Crippen molar-refractivity contribution < 1.29 is 38.6 Å². The number of ether oxygens (including phenoxy) is 6. The first-order chi connectivity index (χ1) is 21.6. The van der Waals surface area contributed by atoms with Crippen LogP contribution < -0.4 is 9.47 Å². The molecular weight excluding hydrogens is 754 g/mol. The quantitative estimate of drug-likeness (QED) is 0.178. The first kappa shape index (κ1) is 41.4. The Kier molecular flexibility index (Phi) is 24.4. The van der Waals surface area contributed by atoms with Crippen molar-refractivity contribution in [3.05, 3.63) is 37.0 Å². The lowest BCUT2D eigenvalue weighted by molar-refractivity contribution is 0.0222. The van der Waals surface area contributed by atoms with Crippen LogP contribution in [0.5, 0.6) is 12.0 Å². The second-order valence-corrected chi connectivity index (χ2v) is 9.41. The second-order valence-electron chi connectivity index (χ2n) is 7.05. The minimum atomic E-state index is -0.0433. The Morgan fingerprint density at radius 1 is 0.333 bits per heavy atom. The lowest BCUT2D eigenvalue weighted by atomic mass is 10.7. The fourth-order valence-electron chi connectivity index (χ4n) is 2.21. The minimum Gasteiger partial charge on any atom is -0.461 e. The summed E-state index contributed by atoms with van der Waals surface area (Å²) >= 11 is 38.4. The molecule has 45 heavy (non-hydrogen) atoms. The summed E-state index contributed by atoms with van der Waals surface area (Å²) in [7, 11) is 0. The third-order valence-corrected chi connectivity index (χ3v) is 4.99. The first-order valence-electron chi connectivity index (χ1n) is 12.3. The molecule has 0 spiro atoms. The van der Waals surface area contributed by atoms with E-state index in [1.54, 1.807) is 0 Å². The first-order valence-corrected chi connectivity index (χ1v) is 14.9. The van der Waals surface area contributed by atoms with E-state index in [9.17, 15) is 0 Å². The van der Waals surface area contributed by atoms with Crippen molar-refractivity contribution in [1.29, 1.82) is 0 Å². The fourth-order valence-corrected chi connectivity index (χ4v) is 3.51. The summed E-state index contributed by atoms with van der Waals surface area (Å²) in [5, 5.41) is 16.4. The molecule has 0 atom stereocenters. The van der Waals surface area contributed by atoms with E-state index in [2.05, 4.69) is 44.9 Å². The standard InChI is InChI=1S/C12H12Cl4N6O4.C6H14O4.C3Cl3N3/c13-7-17-8(14)20-11(19-7)25-5-3-23-1-2-24-4-6-26-12-21-9(15)18-10(16)22-12;7-1-3-9-5-6-10-4-2-8;4-1-7-2(5)9-3(6)8-1/h1-6H2;7-8H,1-6H2;. The molecule has 3 aromatic rings. The van der Waals surface area contributed by atoms with Gasteiger partial charge in [-0.2, -0.15) is 44.9 Å². The van der Waals surface area contributed by atoms with Crippen molar-refractivity contribution in [3.8, 4) is 12.0 Å². The molecule has 0 radical (unpaired) electrons. The highest BCUT2D eigenvalue weighted by Gasteiger charge is 2.05. The smallest absolute Gasteiger partial charge is 0.322 e. The summed E-state index contributed by atoms with van der Waals surface area (Å²) in [5.41, 5.74) is 0. The molecule has 0 saturated heterocycles. The Balaban J connectivity index is 0.000000434. The van der Waals surface area contributed by atoms with Crippen molar-refractivity contribution in [2.45, 2.75) is 0 Å². The average molecular weight is 781 g/mol. The molecule has 3 rings (SSSR count). The molecule has 0 amide bonds. The van der Waals surface area contributed by atoms with Crippen molar-refractivity contribution in [1.82, 2.24) is 44.9 Å². The van der Waals surface area contributed by atoms with Gasteiger partial charge in [0.1, 0.15) is 13.2 Å². The van der Waals surface area contributed by atoms with Crippen LogP contribution in [0.3, 0.4) is 0 Å². The molecule has 2 N–H and O–H groups in total. The normalized spacial score (nSPS) is 10.4. The van der Waals surface area contributed by atoms with Gasteiger partial charge in [-0.15, -0.1) is 0 Å². The zero-order valence-electron chi connectivity index (χ0n) is 23.0. The van der Waals surface area contributed by atoms with Crippen LogP contribution in [-0.4, -0.2) is 134 Å². The summed E-state index contributed by atoms with van der Waals surface area (Å²) in [6.45, 7) is 3.52. The van der Waals surface area contributed by atoms with Crippen molar-refractivity contribution in [2.24, 2.45) is 0 Å². The summed E-state index contributed by atoms with van der Waals surface area (Å²) in [6.07, 6.45) is 0. The predicted molar refractivity (Wildman–Crippen MR) is 163 cm³/mol. The molecule has 0 unspecified atom stereocenters. The molecule has 0 fully saturated rings. The number of nitrogens with zero attached hydrogens (tertiary/aromatic N) is 9. The number of rotatable bonds is 18. The third kappa shape index (κ3) is 23.4. The Morgan fingerprint density at radius 3 is 0.822 bits per heavy atom. The van der Waals surface area contributed by atoms with Crippen molar-refractivity contribution >= 4 is 81.2 Å². The lowest BCUT2D eigenvalue weighted by Gasteiger charge is -2.07. The molecule has 0 aliphatic carbocycles. The minimum absolute atomic E-state index is 0.000000000000000444. The van der Waals surface area contributed by atoms with Gasteiger partial charge in [0, 0.05) is 0 Å². The van der Waals surface area contributed by atoms with E-state index in [1.807, 2.05) is 0 Å². The lowest BCUT2D eigenvalue weighted by Crippen LogP contribution is -2.14. The van der Waals surface area contributed by atoms with Gasteiger partial charge in [-0.25, -0.2) is 0 Å². The highest BCUT2D eigenvalue weighted by molar-refractivity contribution is 6.33. The van der Waals surface area contributed by atoms with Gasteiger partial charge in [0.15, 0.2) is 0 Å². The topological polar surface area (TPSA) is 212 Å². The third-order valence-electron chi connectivity index (χ3n) is 3.81. The fraction of sp³-hybridized carbons (Fsp3) is 0.571. The molecule has 252 valence electrons. The summed E-state index contributed by atoms with van der Waals surface area (Å²) in [6, 6.07) is 0.0658. The van der Waals surface area contributed by atoms with Gasteiger partial charge in [0.05, 0.1) is 66.1 Å². The van der Waals surface area contributed by atoms with Gasteiger partial charge in [-0.3, -0.25) is 0 Å². The maximum atomic E-state index is 8.26. The molecule has 0 aliphatic heterocycles. The predicted octanol–water partition coefficient (Wildman–Crippen LogP) is 3.00. The molecule has 3 heterocycles. The largest absolute Gasteiger partial charge is 0.461 e. The van der Waals surface area contributed by atoms with Crippen LogP contribution in [0.4, 0.5) is 0 Å². The van der Waals surface area contributed by atoms with E-state index in [0.717, 1.165) is 0 Å². The van der Waals surface area contributed by atoms with E-state index in [-0.39, 0.29) is 75.4 Å². The Hall–Kier alpha value is -1.58. The van der Waals surface area contributed by atoms with Crippen LogP contribution in [0.25, 0.3) is 0 Å². The van der Waals surface area contributed by atoms with Gasteiger partial charge in [-0.05, 0) is 81.2 Å². The number of hydrogen-bond acceptors (Lipinski definition) is 17. The van der Waals surface area contributed by atoms with Crippen LogP contribution in [0.15, 0.2) is 0 Å². The molecule has 3 aromatic heterocycles. The summed E-state index contributed by atoms with van der Waals surface area (Å²) in [5.74, 6) is 0. The number of halogens is 7. The van der Waals surface area contributed by atoms with Gasteiger partial charge < -0.3 is 38.6 Å². The SMILES string of the molecule is Clc1nc(Cl)nc(Cl)n1.Clc1nc(Cl)nc(OCCOCCOCCOc2nc(Cl)nc(Cl)n2)n1.OCCOCCOCCO. The highest BCUT2D eigenvalue weighted by atomic mass is 35.5. The van der Waals surface area contributed by atoms with Gasteiger partial charge in [0.25, 0.3) is 0 Å². The molecule has 0 bridgehead atoms. The van der Waals surface area contributed by atoms with Gasteiger partial charge in [-0.1, -0.05) is 0 Å². The van der Waals surface area contributed by atoms with E-state index >= 15 is 0 Å². The second kappa shape index (κ2) is 26.5. The Bertz CT molecular complexity index is 1070. The Labute approximate surface area is 291 Å². The van der Waals surface area contributed by atoms with Crippen LogP contribution >= 0.6 is 81.2 Å². The Morgan fingerprint density at radius 2 is 0.556 bits per heavy atom. The monoisotopic (exact) mass is 777 g/mol. The van der Waals surface area contributed by atoms with Crippen LogP contribution in [0, 0.1) is 0 Å². The van der Waals surface area contributed by atoms with Crippen LogP contribution in [0.2, 0.25) is 37.0 Å². The van der Waals surface area contributed by atoms with E-state index in [1.165, 1.54) is 0 Å². The maximum Gasteiger partial charge on any atom is 0.322 e. The highest BCUT2D eigenvalue weighted by Crippen LogP contribution is 2.12. The summed E-state index contributed by atoms with van der Waals surface area (Å²) in [4.78, 5) is 32.6. The molecule has 0 saturated carbocycles. The average Bonchev–Trinajstić information content (AvgIpc) is 2.95. The van der Waals surface area contributed by atoms with E-state index in [0.29, 0.717) is 52.9 Å². The van der Waals surface area contributed by atoms with Crippen molar-refractivity contribution in [3.63, 3.8) is 0 Å². The maximum absolute atomic E-state index is 8.26. The zero-order chi connectivity index (χ0) is 33.3. The van der Waals surface area contributed by atoms with Crippen LogP contribution in [-0.2, 0) is 18.9 Å². The molecule has 17 nitrogen and oxygen atoms in total. The number of hydrogen-bond donors (Lipinski definition) is 2. The number of aromatic nitrogens is 9. The molecule has 0 aliphatic rings. The van der Waals surface area contributed by atoms with E-state index in [4.69, 9.17) is 120 Å². The van der Waals surface area contributed by atoms with Crippen LogP contribution in [0.1, 0.15) is 0 Å². The molecule has 0 aromatic carbocycles. The van der Waals surface area contributed by atoms with E-state index < -0.39 is 0 Å². The van der Waals surface area contributed by atoms with Gasteiger partial charge in [0.2, 0.25) is 37.0 Å².